The number of alkyl halides is 1. The molecule has 0 bridgehead atoms. The van der Waals surface area contributed by atoms with Crippen molar-refractivity contribution in [3.05, 3.63) is 0 Å². The molecule has 0 radical (unpaired) electrons. The van der Waals surface area contributed by atoms with Gasteiger partial charge in [-0.25, -0.2) is 0 Å². The summed E-state index contributed by atoms with van der Waals surface area (Å²) in [7, 11) is 0. The maximum atomic E-state index is 11.7. The summed E-state index contributed by atoms with van der Waals surface area (Å²) < 4.78 is 5.13. The number of ether oxygens (including phenoxy) is 1. The number of hydrogen-bond donors (Lipinski definition) is 0. The van der Waals surface area contributed by atoms with Gasteiger partial charge in [-0.05, 0) is 44.6 Å². The highest BCUT2D eigenvalue weighted by Gasteiger charge is 2.43. The summed E-state index contributed by atoms with van der Waals surface area (Å²) in [5, 5.41) is 1.10. The zero-order valence-corrected chi connectivity index (χ0v) is 12.2. The van der Waals surface area contributed by atoms with Crippen molar-refractivity contribution in [3.63, 3.8) is 0 Å². The van der Waals surface area contributed by atoms with Gasteiger partial charge in [-0.15, -0.1) is 0 Å². The van der Waals surface area contributed by atoms with E-state index in [0.717, 1.165) is 37.8 Å². The second-order valence-electron chi connectivity index (χ2n) is 5.46. The Morgan fingerprint density at radius 3 is 2.88 bits per heavy atom. The fraction of sp³-hybridized carbons (Fsp3) is 0.923. The van der Waals surface area contributed by atoms with Crippen LogP contribution in [-0.2, 0) is 9.53 Å². The van der Waals surface area contributed by atoms with Gasteiger partial charge in [0.1, 0.15) is 0 Å². The molecule has 1 aliphatic carbocycles. The largest absolute Gasteiger partial charge is 0.466 e. The molecule has 1 aliphatic heterocycles. The van der Waals surface area contributed by atoms with E-state index in [0.29, 0.717) is 12.0 Å². The zero-order valence-electron chi connectivity index (χ0n) is 10.6. The third-order valence-corrected chi connectivity index (χ3v) is 5.11. The number of nitrogens with zero attached hydrogens (tertiary/aromatic N) is 1. The number of carbonyl (C=O) groups is 1. The molecule has 2 aliphatic rings. The van der Waals surface area contributed by atoms with E-state index in [2.05, 4.69) is 20.8 Å². The Morgan fingerprint density at radius 2 is 2.29 bits per heavy atom. The lowest BCUT2D eigenvalue weighted by Crippen LogP contribution is -2.42. The van der Waals surface area contributed by atoms with Crippen molar-refractivity contribution < 1.29 is 9.53 Å². The van der Waals surface area contributed by atoms with Gasteiger partial charge < -0.3 is 9.64 Å². The van der Waals surface area contributed by atoms with Crippen LogP contribution in [0.1, 0.15) is 32.6 Å². The molecule has 0 amide bonds. The first kappa shape index (κ1) is 13.3. The summed E-state index contributed by atoms with van der Waals surface area (Å²) in [6.45, 7) is 5.57. The highest BCUT2D eigenvalue weighted by molar-refractivity contribution is 9.09. The lowest BCUT2D eigenvalue weighted by atomic mass is 9.97. The predicted molar refractivity (Wildman–Crippen MR) is 71.3 cm³/mol. The van der Waals surface area contributed by atoms with Gasteiger partial charge in [-0.2, -0.15) is 0 Å². The Hall–Kier alpha value is -0.0900. The molecule has 17 heavy (non-hydrogen) atoms. The summed E-state index contributed by atoms with van der Waals surface area (Å²) in [6.07, 6.45) is 4.79. The molecule has 1 saturated carbocycles. The van der Waals surface area contributed by atoms with Crippen LogP contribution >= 0.6 is 15.9 Å². The smallest absolute Gasteiger partial charge is 0.310 e. The fourth-order valence-corrected chi connectivity index (χ4v) is 3.37. The van der Waals surface area contributed by atoms with Gasteiger partial charge in [0, 0.05) is 18.4 Å². The minimum absolute atomic E-state index is 0.000823. The van der Waals surface area contributed by atoms with Crippen LogP contribution in [0.25, 0.3) is 0 Å². The Balaban J connectivity index is 1.82. The van der Waals surface area contributed by atoms with Gasteiger partial charge in [-0.1, -0.05) is 15.9 Å². The van der Waals surface area contributed by atoms with Crippen LogP contribution in [0.3, 0.4) is 0 Å². The molecular weight excluding hydrogens is 282 g/mol. The number of carbonyl (C=O) groups excluding carboxylic acids is 1. The maximum Gasteiger partial charge on any atom is 0.310 e. The van der Waals surface area contributed by atoms with Gasteiger partial charge in [-0.3, -0.25) is 4.79 Å². The van der Waals surface area contributed by atoms with Crippen LogP contribution in [-0.4, -0.2) is 42.4 Å². The average molecular weight is 304 g/mol. The SMILES string of the molecule is CCOC(=O)C1CCCN(CC2(CBr)CC2)C1. The number of rotatable bonds is 5. The molecule has 2 fully saturated rings. The molecule has 1 atom stereocenters. The Kier molecular flexibility index (Phi) is 4.47. The molecule has 0 aromatic carbocycles. The normalized spacial score (nSPS) is 27.8. The van der Waals surface area contributed by atoms with Crippen LogP contribution < -0.4 is 0 Å². The minimum Gasteiger partial charge on any atom is -0.466 e. The molecule has 0 spiro atoms. The quantitative estimate of drug-likeness (QED) is 0.577. The molecule has 4 heteroatoms. The molecule has 98 valence electrons. The minimum atomic E-state index is 0.000823. The van der Waals surface area contributed by atoms with Crippen LogP contribution in [0.15, 0.2) is 0 Å². The van der Waals surface area contributed by atoms with E-state index in [1.54, 1.807) is 0 Å². The third kappa shape index (κ3) is 3.44. The standard InChI is InChI=1S/C13H22BrNO2/c1-2-17-12(16)11-4-3-7-15(8-11)10-13(9-14)5-6-13/h11H,2-10H2,1H3. The highest BCUT2D eigenvalue weighted by Crippen LogP contribution is 2.48. The lowest BCUT2D eigenvalue weighted by Gasteiger charge is -2.33. The van der Waals surface area contributed by atoms with Crippen LogP contribution in [0.2, 0.25) is 0 Å². The van der Waals surface area contributed by atoms with E-state index in [1.807, 2.05) is 6.92 Å². The predicted octanol–water partition coefficient (Wildman–Crippen LogP) is 2.44. The van der Waals surface area contributed by atoms with Gasteiger partial charge in [0.15, 0.2) is 0 Å². The van der Waals surface area contributed by atoms with Crippen molar-refractivity contribution in [2.24, 2.45) is 11.3 Å². The maximum absolute atomic E-state index is 11.7. The average Bonchev–Trinajstić information content (AvgIpc) is 3.10. The van der Waals surface area contributed by atoms with Crippen molar-refractivity contribution in [2.45, 2.75) is 32.6 Å². The first-order valence-corrected chi connectivity index (χ1v) is 7.76. The molecular formula is C13H22BrNO2. The van der Waals surface area contributed by atoms with E-state index < -0.39 is 0 Å². The highest BCUT2D eigenvalue weighted by atomic mass is 79.9. The van der Waals surface area contributed by atoms with Gasteiger partial charge in [0.2, 0.25) is 0 Å². The molecule has 1 unspecified atom stereocenters. The molecule has 0 N–H and O–H groups in total. The van der Waals surface area contributed by atoms with E-state index in [9.17, 15) is 4.79 Å². The second kappa shape index (κ2) is 5.70. The molecule has 2 rings (SSSR count). The number of halogens is 1. The number of esters is 1. The number of piperidine rings is 1. The summed E-state index contributed by atoms with van der Waals surface area (Å²) >= 11 is 3.61. The van der Waals surface area contributed by atoms with Crippen molar-refractivity contribution in [1.82, 2.24) is 4.90 Å². The molecule has 0 aromatic heterocycles. The van der Waals surface area contributed by atoms with Crippen molar-refractivity contribution in [3.8, 4) is 0 Å². The summed E-state index contributed by atoms with van der Waals surface area (Å²) in [5.74, 6) is 0.107. The fourth-order valence-electron chi connectivity index (χ4n) is 2.64. The summed E-state index contributed by atoms with van der Waals surface area (Å²) in [4.78, 5) is 14.2. The molecule has 3 nitrogen and oxygen atoms in total. The van der Waals surface area contributed by atoms with Gasteiger partial charge in [0.25, 0.3) is 0 Å². The topological polar surface area (TPSA) is 29.5 Å². The van der Waals surface area contributed by atoms with E-state index in [1.165, 1.54) is 12.8 Å². The number of hydrogen-bond acceptors (Lipinski definition) is 3. The van der Waals surface area contributed by atoms with Crippen molar-refractivity contribution >= 4 is 21.9 Å². The van der Waals surface area contributed by atoms with Gasteiger partial charge in [0.05, 0.1) is 12.5 Å². The first-order chi connectivity index (χ1) is 8.19. The molecule has 1 heterocycles. The monoisotopic (exact) mass is 303 g/mol. The molecule has 0 aromatic rings. The van der Waals surface area contributed by atoms with Crippen LogP contribution in [0, 0.1) is 11.3 Å². The van der Waals surface area contributed by atoms with E-state index in [-0.39, 0.29) is 11.9 Å². The van der Waals surface area contributed by atoms with Crippen molar-refractivity contribution in [2.75, 3.05) is 31.6 Å². The first-order valence-electron chi connectivity index (χ1n) is 6.64. The zero-order chi connectivity index (χ0) is 12.3. The number of likely N-dealkylation sites (tertiary alicyclic amines) is 1. The van der Waals surface area contributed by atoms with Crippen molar-refractivity contribution in [1.29, 1.82) is 0 Å². The third-order valence-electron chi connectivity index (χ3n) is 3.93. The molecule has 1 saturated heterocycles. The Morgan fingerprint density at radius 1 is 1.53 bits per heavy atom. The van der Waals surface area contributed by atoms with E-state index in [4.69, 9.17) is 4.74 Å². The van der Waals surface area contributed by atoms with E-state index >= 15 is 0 Å². The Bertz CT molecular complexity index is 279. The lowest BCUT2D eigenvalue weighted by molar-refractivity contribution is -0.150. The van der Waals surface area contributed by atoms with Crippen LogP contribution in [0.5, 0.6) is 0 Å². The summed E-state index contributed by atoms with van der Waals surface area (Å²) in [6, 6.07) is 0. The Labute approximate surface area is 112 Å². The second-order valence-corrected chi connectivity index (χ2v) is 6.02. The van der Waals surface area contributed by atoms with Crippen LogP contribution in [0.4, 0.5) is 0 Å². The van der Waals surface area contributed by atoms with Gasteiger partial charge >= 0.3 is 5.97 Å². The summed E-state index contributed by atoms with van der Waals surface area (Å²) in [5.41, 5.74) is 0.510.